The van der Waals surface area contributed by atoms with Crippen molar-refractivity contribution in [2.75, 3.05) is 6.61 Å². The van der Waals surface area contributed by atoms with Crippen LogP contribution in [0, 0.1) is 6.92 Å². The minimum atomic E-state index is -0.269. The number of fused-ring (bicyclic) bond motifs is 3. The lowest BCUT2D eigenvalue weighted by molar-refractivity contribution is 0.0525. The Bertz CT molecular complexity index is 646. The number of hydrogen-bond acceptors (Lipinski definition) is 4. The molecule has 0 radical (unpaired) electrons. The van der Waals surface area contributed by atoms with Gasteiger partial charge in [-0.25, -0.2) is 14.8 Å². The molecule has 0 aromatic carbocycles. The smallest absolute Gasteiger partial charge is 0.339 e. The van der Waals surface area contributed by atoms with Crippen molar-refractivity contribution in [3.8, 4) is 11.4 Å². The van der Waals surface area contributed by atoms with Crippen LogP contribution in [-0.4, -0.2) is 27.5 Å². The number of hydrogen-bond donors (Lipinski definition) is 1. The Kier molecular flexibility index (Phi) is 2.81. The SMILES string of the molecule is CCOC(=O)c1c[nH]c2c1CCc1cnc(C)nc1-2. The molecule has 19 heavy (non-hydrogen) atoms. The van der Waals surface area contributed by atoms with Gasteiger partial charge >= 0.3 is 5.97 Å². The van der Waals surface area contributed by atoms with Crippen molar-refractivity contribution in [1.29, 1.82) is 0 Å². The lowest BCUT2D eigenvalue weighted by Crippen LogP contribution is -2.11. The van der Waals surface area contributed by atoms with Crippen molar-refractivity contribution >= 4 is 5.97 Å². The Balaban J connectivity index is 2.09. The second kappa shape index (κ2) is 4.50. The first-order chi connectivity index (χ1) is 9.20. The maximum Gasteiger partial charge on any atom is 0.339 e. The molecule has 5 heteroatoms. The Morgan fingerprint density at radius 3 is 3.11 bits per heavy atom. The van der Waals surface area contributed by atoms with Crippen molar-refractivity contribution < 1.29 is 9.53 Å². The predicted molar refractivity (Wildman–Crippen MR) is 69.9 cm³/mol. The predicted octanol–water partition coefficient (Wildman–Crippen LogP) is 2.06. The van der Waals surface area contributed by atoms with Crippen molar-refractivity contribution in [3.63, 3.8) is 0 Å². The molecule has 0 atom stereocenters. The first-order valence-corrected chi connectivity index (χ1v) is 6.41. The number of H-pyrrole nitrogens is 1. The van der Waals surface area contributed by atoms with E-state index in [0.29, 0.717) is 12.2 Å². The summed E-state index contributed by atoms with van der Waals surface area (Å²) in [6, 6.07) is 0. The van der Waals surface area contributed by atoms with E-state index in [1.807, 2.05) is 20.0 Å². The molecule has 3 rings (SSSR count). The van der Waals surface area contributed by atoms with E-state index >= 15 is 0 Å². The molecule has 0 saturated carbocycles. The third-order valence-electron chi connectivity index (χ3n) is 3.35. The number of aromatic amines is 1. The van der Waals surface area contributed by atoms with Crippen LogP contribution >= 0.6 is 0 Å². The molecule has 2 heterocycles. The molecular weight excluding hydrogens is 242 g/mol. The highest BCUT2D eigenvalue weighted by Gasteiger charge is 2.25. The van der Waals surface area contributed by atoms with E-state index in [2.05, 4.69) is 15.0 Å². The molecule has 0 bridgehead atoms. The minimum absolute atomic E-state index is 0.269. The summed E-state index contributed by atoms with van der Waals surface area (Å²) in [4.78, 5) is 23.7. The number of aryl methyl sites for hydroxylation is 2. The zero-order valence-electron chi connectivity index (χ0n) is 11.0. The summed E-state index contributed by atoms with van der Waals surface area (Å²) >= 11 is 0. The fraction of sp³-hybridized carbons (Fsp3) is 0.357. The van der Waals surface area contributed by atoms with Crippen LogP contribution in [0.1, 0.15) is 34.2 Å². The normalized spacial score (nSPS) is 12.7. The van der Waals surface area contributed by atoms with Crippen LogP contribution in [0.2, 0.25) is 0 Å². The first kappa shape index (κ1) is 11.9. The van der Waals surface area contributed by atoms with Gasteiger partial charge in [0.25, 0.3) is 0 Å². The topological polar surface area (TPSA) is 67.9 Å². The second-order valence-electron chi connectivity index (χ2n) is 4.57. The van der Waals surface area contributed by atoms with Gasteiger partial charge in [0.1, 0.15) is 5.82 Å². The third-order valence-corrected chi connectivity index (χ3v) is 3.35. The average Bonchev–Trinajstić information content (AvgIpc) is 2.83. The van der Waals surface area contributed by atoms with Gasteiger partial charge in [0, 0.05) is 12.4 Å². The molecule has 0 amide bonds. The van der Waals surface area contributed by atoms with Gasteiger partial charge in [0.15, 0.2) is 0 Å². The lowest BCUT2D eigenvalue weighted by atomic mass is 9.93. The summed E-state index contributed by atoms with van der Waals surface area (Å²) in [6.45, 7) is 4.06. The molecule has 1 N–H and O–H groups in total. The van der Waals surface area contributed by atoms with Gasteiger partial charge in [0.2, 0.25) is 0 Å². The monoisotopic (exact) mass is 257 g/mol. The molecule has 2 aromatic heterocycles. The van der Waals surface area contributed by atoms with Gasteiger partial charge in [-0.15, -0.1) is 0 Å². The Morgan fingerprint density at radius 1 is 1.47 bits per heavy atom. The van der Waals surface area contributed by atoms with Gasteiger partial charge in [0.05, 0.1) is 23.6 Å². The standard InChI is InChI=1S/C14H15N3O2/c1-3-19-14(18)11-7-16-13-10(11)5-4-9-6-15-8(2)17-12(9)13/h6-7,16H,3-5H2,1-2H3. The van der Waals surface area contributed by atoms with E-state index in [4.69, 9.17) is 4.74 Å². The Labute approximate surface area is 111 Å². The molecule has 1 aliphatic rings. The summed E-state index contributed by atoms with van der Waals surface area (Å²) in [5.41, 5.74) is 4.58. The molecular formula is C14H15N3O2. The van der Waals surface area contributed by atoms with Crippen LogP contribution in [0.15, 0.2) is 12.4 Å². The molecule has 2 aromatic rings. The molecule has 0 unspecified atom stereocenters. The number of carbonyl (C=O) groups is 1. The van der Waals surface area contributed by atoms with Crippen LogP contribution < -0.4 is 0 Å². The number of ether oxygens (including phenoxy) is 1. The minimum Gasteiger partial charge on any atom is -0.462 e. The lowest BCUT2D eigenvalue weighted by Gasteiger charge is -2.16. The largest absolute Gasteiger partial charge is 0.462 e. The van der Waals surface area contributed by atoms with Gasteiger partial charge in [-0.1, -0.05) is 0 Å². The van der Waals surface area contributed by atoms with E-state index in [-0.39, 0.29) is 5.97 Å². The van der Waals surface area contributed by atoms with E-state index in [1.165, 1.54) is 0 Å². The summed E-state index contributed by atoms with van der Waals surface area (Å²) in [5.74, 6) is 0.466. The Hall–Kier alpha value is -2.17. The van der Waals surface area contributed by atoms with Gasteiger partial charge in [-0.05, 0) is 37.8 Å². The van der Waals surface area contributed by atoms with E-state index in [1.54, 1.807) is 6.20 Å². The van der Waals surface area contributed by atoms with Crippen molar-refractivity contribution in [1.82, 2.24) is 15.0 Å². The quantitative estimate of drug-likeness (QED) is 0.836. The third kappa shape index (κ3) is 1.91. The van der Waals surface area contributed by atoms with Crippen LogP contribution in [0.5, 0.6) is 0 Å². The van der Waals surface area contributed by atoms with Gasteiger partial charge < -0.3 is 9.72 Å². The molecule has 0 spiro atoms. The van der Waals surface area contributed by atoms with E-state index in [9.17, 15) is 4.79 Å². The van der Waals surface area contributed by atoms with Gasteiger partial charge in [-0.3, -0.25) is 0 Å². The van der Waals surface area contributed by atoms with Crippen LogP contribution in [0.25, 0.3) is 11.4 Å². The van der Waals surface area contributed by atoms with Crippen LogP contribution in [0.3, 0.4) is 0 Å². The maximum atomic E-state index is 11.9. The summed E-state index contributed by atoms with van der Waals surface area (Å²) in [5, 5.41) is 0. The summed E-state index contributed by atoms with van der Waals surface area (Å²) in [7, 11) is 0. The first-order valence-electron chi connectivity index (χ1n) is 6.41. The van der Waals surface area contributed by atoms with Crippen molar-refractivity contribution in [2.24, 2.45) is 0 Å². The zero-order chi connectivity index (χ0) is 13.4. The van der Waals surface area contributed by atoms with Crippen molar-refractivity contribution in [3.05, 3.63) is 34.9 Å². The number of rotatable bonds is 2. The molecule has 5 nitrogen and oxygen atoms in total. The van der Waals surface area contributed by atoms with E-state index in [0.717, 1.165) is 41.2 Å². The summed E-state index contributed by atoms with van der Waals surface area (Å²) in [6.07, 6.45) is 5.25. The average molecular weight is 257 g/mol. The molecule has 0 fully saturated rings. The fourth-order valence-electron chi connectivity index (χ4n) is 2.47. The highest BCUT2D eigenvalue weighted by molar-refractivity contribution is 5.93. The van der Waals surface area contributed by atoms with Gasteiger partial charge in [-0.2, -0.15) is 0 Å². The molecule has 1 aliphatic carbocycles. The summed E-state index contributed by atoms with van der Waals surface area (Å²) < 4.78 is 5.07. The van der Waals surface area contributed by atoms with Crippen LogP contribution in [0.4, 0.5) is 0 Å². The number of esters is 1. The highest BCUT2D eigenvalue weighted by Crippen LogP contribution is 2.33. The number of aromatic nitrogens is 3. The second-order valence-corrected chi connectivity index (χ2v) is 4.57. The molecule has 0 aliphatic heterocycles. The number of nitrogens with one attached hydrogen (secondary N) is 1. The maximum absolute atomic E-state index is 11.9. The molecule has 98 valence electrons. The fourth-order valence-corrected chi connectivity index (χ4v) is 2.47. The number of nitrogens with zero attached hydrogens (tertiary/aromatic N) is 2. The van der Waals surface area contributed by atoms with E-state index < -0.39 is 0 Å². The van der Waals surface area contributed by atoms with Crippen LogP contribution in [-0.2, 0) is 17.6 Å². The van der Waals surface area contributed by atoms with Crippen molar-refractivity contribution in [2.45, 2.75) is 26.7 Å². The zero-order valence-corrected chi connectivity index (χ0v) is 11.0. The Morgan fingerprint density at radius 2 is 2.32 bits per heavy atom. The highest BCUT2D eigenvalue weighted by atomic mass is 16.5. The number of carbonyl (C=O) groups excluding carboxylic acids is 1. The molecule has 0 saturated heterocycles.